The molecule has 0 bridgehead atoms. The molecule has 27 heavy (non-hydrogen) atoms. The quantitative estimate of drug-likeness (QED) is 0.601. The molecule has 1 amide bonds. The molecule has 0 N–H and O–H groups in total. The minimum Gasteiger partial charge on any atom is -0.341 e. The van der Waals surface area contributed by atoms with Gasteiger partial charge in [-0.25, -0.2) is 4.98 Å². The smallest absolute Gasteiger partial charge is 0.261 e. The molecule has 0 aliphatic carbocycles. The van der Waals surface area contributed by atoms with E-state index in [0.717, 1.165) is 16.5 Å². The van der Waals surface area contributed by atoms with E-state index in [-0.39, 0.29) is 17.9 Å². The lowest BCUT2D eigenvalue weighted by atomic mass is 10.1. The molecule has 0 aliphatic heterocycles. The van der Waals surface area contributed by atoms with Crippen molar-refractivity contribution in [2.24, 2.45) is 0 Å². The Bertz CT molecular complexity index is 1010. The lowest BCUT2D eigenvalue weighted by molar-refractivity contribution is -0.130. The van der Waals surface area contributed by atoms with E-state index < -0.39 is 0 Å². The predicted octanol–water partition coefficient (Wildman–Crippen LogP) is 3.77. The maximum atomic E-state index is 12.6. The van der Waals surface area contributed by atoms with Gasteiger partial charge in [-0.2, -0.15) is 0 Å². The molecule has 6 heteroatoms. The highest BCUT2D eigenvalue weighted by molar-refractivity contribution is 9.10. The number of halogens is 1. The molecule has 2 aromatic carbocycles. The molecule has 0 radical (unpaired) electrons. The second-order valence-corrected chi connectivity index (χ2v) is 7.49. The van der Waals surface area contributed by atoms with Crippen LogP contribution in [0.2, 0.25) is 0 Å². The van der Waals surface area contributed by atoms with Gasteiger partial charge in [0.25, 0.3) is 5.56 Å². The standard InChI is InChI=1S/C21H22BrN3O2/c1-3-15-4-6-16(7-5-15)13-24(2)20(26)10-11-25-14-23-19-9-8-17(22)12-18(19)21(25)27/h4-9,12,14H,3,10-11,13H2,1-2H3. The van der Waals surface area contributed by atoms with E-state index in [1.54, 1.807) is 24.1 Å². The van der Waals surface area contributed by atoms with Gasteiger partial charge >= 0.3 is 0 Å². The van der Waals surface area contributed by atoms with E-state index in [0.29, 0.717) is 24.0 Å². The van der Waals surface area contributed by atoms with Crippen molar-refractivity contribution >= 4 is 32.7 Å². The number of fused-ring (bicyclic) bond motifs is 1. The number of amides is 1. The maximum Gasteiger partial charge on any atom is 0.261 e. The number of nitrogens with zero attached hydrogens (tertiary/aromatic N) is 3. The molecule has 0 saturated heterocycles. The summed E-state index contributed by atoms with van der Waals surface area (Å²) < 4.78 is 2.33. The number of hydrogen-bond donors (Lipinski definition) is 0. The SMILES string of the molecule is CCc1ccc(CN(C)C(=O)CCn2cnc3ccc(Br)cc3c2=O)cc1. The number of aryl methyl sites for hydroxylation is 2. The van der Waals surface area contributed by atoms with Crippen LogP contribution < -0.4 is 5.56 Å². The molecule has 0 spiro atoms. The fraction of sp³-hybridized carbons (Fsp3) is 0.286. The lowest BCUT2D eigenvalue weighted by Crippen LogP contribution is -2.29. The third-order valence-corrected chi connectivity index (χ3v) is 5.12. The average molecular weight is 428 g/mol. The fourth-order valence-electron chi connectivity index (χ4n) is 2.94. The molecule has 0 atom stereocenters. The molecule has 140 valence electrons. The number of carbonyl (C=O) groups is 1. The normalized spacial score (nSPS) is 10.9. The third-order valence-electron chi connectivity index (χ3n) is 4.63. The van der Waals surface area contributed by atoms with Crippen LogP contribution in [0.15, 0.2) is 58.1 Å². The molecule has 0 aliphatic rings. The van der Waals surface area contributed by atoms with Crippen molar-refractivity contribution in [3.05, 3.63) is 74.7 Å². The first-order valence-corrected chi connectivity index (χ1v) is 9.73. The molecule has 0 fully saturated rings. The van der Waals surface area contributed by atoms with E-state index in [4.69, 9.17) is 0 Å². The van der Waals surface area contributed by atoms with Gasteiger partial charge in [-0.1, -0.05) is 47.1 Å². The molecule has 3 aromatic rings. The lowest BCUT2D eigenvalue weighted by Gasteiger charge is -2.18. The largest absolute Gasteiger partial charge is 0.341 e. The van der Waals surface area contributed by atoms with Crippen molar-refractivity contribution in [2.45, 2.75) is 32.9 Å². The molecule has 0 saturated carbocycles. The van der Waals surface area contributed by atoms with Crippen molar-refractivity contribution in [1.29, 1.82) is 0 Å². The first-order valence-electron chi connectivity index (χ1n) is 8.94. The first kappa shape index (κ1) is 19.3. The third kappa shape index (κ3) is 4.63. The Kier molecular flexibility index (Phi) is 6.06. The van der Waals surface area contributed by atoms with Crippen molar-refractivity contribution in [3.63, 3.8) is 0 Å². The number of aromatic nitrogens is 2. The zero-order valence-electron chi connectivity index (χ0n) is 15.5. The van der Waals surface area contributed by atoms with Crippen LogP contribution in [0.1, 0.15) is 24.5 Å². The van der Waals surface area contributed by atoms with Gasteiger partial charge in [-0.05, 0) is 35.7 Å². The van der Waals surface area contributed by atoms with E-state index in [2.05, 4.69) is 52.1 Å². The summed E-state index contributed by atoms with van der Waals surface area (Å²) >= 11 is 3.38. The highest BCUT2D eigenvalue weighted by Gasteiger charge is 2.11. The van der Waals surface area contributed by atoms with Crippen LogP contribution >= 0.6 is 15.9 Å². The van der Waals surface area contributed by atoms with Crippen LogP contribution in [-0.2, 0) is 24.3 Å². The van der Waals surface area contributed by atoms with Gasteiger partial charge in [0.15, 0.2) is 0 Å². The Morgan fingerprint density at radius 1 is 1.15 bits per heavy atom. The van der Waals surface area contributed by atoms with E-state index >= 15 is 0 Å². The summed E-state index contributed by atoms with van der Waals surface area (Å²) in [7, 11) is 1.79. The average Bonchev–Trinajstić information content (AvgIpc) is 2.68. The minimum atomic E-state index is -0.132. The van der Waals surface area contributed by atoms with Gasteiger partial charge in [0, 0.05) is 31.0 Å². The summed E-state index contributed by atoms with van der Waals surface area (Å²) in [6, 6.07) is 13.7. The Morgan fingerprint density at radius 2 is 1.85 bits per heavy atom. The van der Waals surface area contributed by atoms with Crippen LogP contribution in [0.4, 0.5) is 0 Å². The molecule has 5 nitrogen and oxygen atoms in total. The fourth-order valence-corrected chi connectivity index (χ4v) is 3.30. The highest BCUT2D eigenvalue weighted by Crippen LogP contribution is 2.15. The monoisotopic (exact) mass is 427 g/mol. The molecular formula is C21H22BrN3O2. The van der Waals surface area contributed by atoms with Gasteiger partial charge in [0.1, 0.15) is 0 Å². The van der Waals surface area contributed by atoms with Gasteiger partial charge in [-0.3, -0.25) is 14.2 Å². The Hall–Kier alpha value is -2.47. The van der Waals surface area contributed by atoms with Crippen LogP contribution in [-0.4, -0.2) is 27.4 Å². The summed E-state index contributed by atoms with van der Waals surface area (Å²) in [6.07, 6.45) is 2.76. The molecule has 3 rings (SSSR count). The molecule has 0 unspecified atom stereocenters. The summed E-state index contributed by atoms with van der Waals surface area (Å²) in [5.41, 5.74) is 2.89. The zero-order valence-corrected chi connectivity index (χ0v) is 17.1. The number of benzene rings is 2. The number of rotatable bonds is 6. The van der Waals surface area contributed by atoms with E-state index in [9.17, 15) is 9.59 Å². The van der Waals surface area contributed by atoms with E-state index in [1.165, 1.54) is 16.5 Å². The first-order chi connectivity index (χ1) is 13.0. The predicted molar refractivity (Wildman–Crippen MR) is 111 cm³/mol. The maximum absolute atomic E-state index is 12.6. The molecular weight excluding hydrogens is 406 g/mol. The zero-order chi connectivity index (χ0) is 19.4. The van der Waals surface area contributed by atoms with Crippen LogP contribution in [0, 0.1) is 0 Å². The van der Waals surface area contributed by atoms with Gasteiger partial charge in [-0.15, -0.1) is 0 Å². The van der Waals surface area contributed by atoms with E-state index in [1.807, 2.05) is 6.07 Å². The van der Waals surface area contributed by atoms with Gasteiger partial charge in [0.05, 0.1) is 17.2 Å². The van der Waals surface area contributed by atoms with Crippen molar-refractivity contribution in [1.82, 2.24) is 14.5 Å². The number of hydrogen-bond acceptors (Lipinski definition) is 3. The summed E-state index contributed by atoms with van der Waals surface area (Å²) in [5, 5.41) is 0.545. The summed E-state index contributed by atoms with van der Waals surface area (Å²) in [4.78, 5) is 31.0. The minimum absolute atomic E-state index is 0.00388. The summed E-state index contributed by atoms with van der Waals surface area (Å²) in [6.45, 7) is 2.99. The van der Waals surface area contributed by atoms with Gasteiger partial charge in [0.2, 0.25) is 5.91 Å². The van der Waals surface area contributed by atoms with Crippen LogP contribution in [0.5, 0.6) is 0 Å². The highest BCUT2D eigenvalue weighted by atomic mass is 79.9. The van der Waals surface area contributed by atoms with Gasteiger partial charge < -0.3 is 4.90 Å². The van der Waals surface area contributed by atoms with Crippen molar-refractivity contribution in [3.8, 4) is 0 Å². The second kappa shape index (κ2) is 8.48. The molecule has 1 heterocycles. The molecule has 1 aromatic heterocycles. The number of carbonyl (C=O) groups excluding carboxylic acids is 1. The van der Waals surface area contributed by atoms with Crippen LogP contribution in [0.25, 0.3) is 10.9 Å². The van der Waals surface area contributed by atoms with Crippen molar-refractivity contribution < 1.29 is 4.79 Å². The Morgan fingerprint density at radius 3 is 2.56 bits per heavy atom. The van der Waals surface area contributed by atoms with Crippen LogP contribution in [0.3, 0.4) is 0 Å². The Balaban J connectivity index is 1.65. The topological polar surface area (TPSA) is 55.2 Å². The van der Waals surface area contributed by atoms with Crippen molar-refractivity contribution in [2.75, 3.05) is 7.05 Å². The second-order valence-electron chi connectivity index (χ2n) is 6.57. The summed E-state index contributed by atoms with van der Waals surface area (Å²) in [5.74, 6) is -0.00388. The Labute approximate surface area is 166 Å².